The standard InChI is InChI=1S/C17H21N3O2.C2HF3O2/c1-12-11-18-16(19-12)17(21)20-9-4-3-8-15(20)13-6-5-7-14(10-13)22-2;3-2(4,5)1(6)7/h5-7,10-11,15H,3-4,8-9H2,1-2H3,(H,18,19);(H,6,7). The Bertz CT molecular complexity index is 851. The van der Waals surface area contributed by atoms with Crippen LogP contribution in [0.25, 0.3) is 0 Å². The highest BCUT2D eigenvalue weighted by Gasteiger charge is 2.38. The largest absolute Gasteiger partial charge is 0.497 e. The predicted octanol–water partition coefficient (Wildman–Crippen LogP) is 3.73. The van der Waals surface area contributed by atoms with Gasteiger partial charge in [-0.05, 0) is 43.9 Å². The number of alkyl halides is 3. The van der Waals surface area contributed by atoms with Crippen molar-refractivity contribution in [3.05, 3.63) is 47.5 Å². The number of H-pyrrole nitrogens is 1. The first-order chi connectivity index (χ1) is 13.6. The van der Waals surface area contributed by atoms with Crippen LogP contribution in [0.3, 0.4) is 0 Å². The third-order valence-corrected chi connectivity index (χ3v) is 4.39. The lowest BCUT2D eigenvalue weighted by Crippen LogP contribution is -2.39. The van der Waals surface area contributed by atoms with Crippen molar-refractivity contribution in [1.29, 1.82) is 0 Å². The number of aryl methyl sites for hydroxylation is 1. The number of carbonyl (C=O) groups is 2. The number of hydrogen-bond acceptors (Lipinski definition) is 4. The van der Waals surface area contributed by atoms with Gasteiger partial charge in [0.15, 0.2) is 5.82 Å². The van der Waals surface area contributed by atoms with Crippen LogP contribution in [0.15, 0.2) is 30.5 Å². The van der Waals surface area contributed by atoms with Gasteiger partial charge < -0.3 is 19.7 Å². The first-order valence-corrected chi connectivity index (χ1v) is 8.90. The van der Waals surface area contributed by atoms with E-state index in [1.807, 2.05) is 30.0 Å². The lowest BCUT2D eigenvalue weighted by molar-refractivity contribution is -0.192. The van der Waals surface area contributed by atoms with Gasteiger partial charge in [0.05, 0.1) is 13.2 Å². The number of carboxylic acids is 1. The number of aliphatic carboxylic acids is 1. The van der Waals surface area contributed by atoms with Gasteiger partial charge in [-0.3, -0.25) is 4.79 Å². The number of halogens is 3. The SMILES string of the molecule is COc1cccc(C2CCCCN2C(=O)c2ncc(C)[nH]2)c1.O=C(O)C(F)(F)F. The summed E-state index contributed by atoms with van der Waals surface area (Å²) in [7, 11) is 1.66. The third kappa shape index (κ3) is 5.97. The van der Waals surface area contributed by atoms with Crippen LogP contribution < -0.4 is 4.74 Å². The average Bonchev–Trinajstić information content (AvgIpc) is 3.13. The van der Waals surface area contributed by atoms with Crippen molar-refractivity contribution in [2.45, 2.75) is 38.4 Å². The number of likely N-dealkylation sites (tertiary alicyclic amines) is 1. The molecule has 2 N–H and O–H groups in total. The molecular formula is C19H22F3N3O4. The van der Waals surface area contributed by atoms with E-state index in [9.17, 15) is 18.0 Å². The second-order valence-electron chi connectivity index (χ2n) is 6.50. The Morgan fingerprint density at radius 1 is 1.31 bits per heavy atom. The molecule has 7 nitrogen and oxygen atoms in total. The van der Waals surface area contributed by atoms with E-state index >= 15 is 0 Å². The maximum Gasteiger partial charge on any atom is 0.490 e. The number of imidazole rings is 1. The van der Waals surface area contributed by atoms with Gasteiger partial charge in [0, 0.05) is 18.4 Å². The molecule has 0 radical (unpaired) electrons. The fraction of sp³-hybridized carbons (Fsp3) is 0.421. The normalized spacial score (nSPS) is 16.6. The maximum atomic E-state index is 12.8. The number of hydrogen-bond donors (Lipinski definition) is 2. The fourth-order valence-corrected chi connectivity index (χ4v) is 3.03. The van der Waals surface area contributed by atoms with Crippen molar-refractivity contribution in [3.8, 4) is 5.75 Å². The van der Waals surface area contributed by atoms with E-state index in [1.54, 1.807) is 13.3 Å². The summed E-state index contributed by atoms with van der Waals surface area (Å²) in [5.74, 6) is -1.54. The van der Waals surface area contributed by atoms with E-state index in [0.29, 0.717) is 5.82 Å². The number of piperidine rings is 1. The van der Waals surface area contributed by atoms with Crippen LogP contribution in [0.2, 0.25) is 0 Å². The molecule has 1 aromatic heterocycles. The summed E-state index contributed by atoms with van der Waals surface area (Å²) in [5.41, 5.74) is 2.02. The van der Waals surface area contributed by atoms with E-state index in [2.05, 4.69) is 16.0 Å². The summed E-state index contributed by atoms with van der Waals surface area (Å²) in [6.07, 6.45) is -0.259. The van der Waals surface area contributed by atoms with Gasteiger partial charge in [0.2, 0.25) is 0 Å². The lowest BCUT2D eigenvalue weighted by Gasteiger charge is -2.35. The number of aromatic nitrogens is 2. The van der Waals surface area contributed by atoms with E-state index in [1.165, 1.54) is 0 Å². The fourth-order valence-electron chi connectivity index (χ4n) is 3.03. The molecule has 2 aromatic rings. The lowest BCUT2D eigenvalue weighted by atomic mass is 9.95. The number of nitrogens with zero attached hydrogens (tertiary/aromatic N) is 2. The van der Waals surface area contributed by atoms with Gasteiger partial charge in [0.1, 0.15) is 5.75 Å². The number of carbonyl (C=O) groups excluding carboxylic acids is 1. The van der Waals surface area contributed by atoms with Gasteiger partial charge >= 0.3 is 12.1 Å². The Hall–Kier alpha value is -3.04. The minimum Gasteiger partial charge on any atom is -0.497 e. The van der Waals surface area contributed by atoms with Gasteiger partial charge in [-0.2, -0.15) is 13.2 Å². The van der Waals surface area contributed by atoms with Crippen molar-refractivity contribution < 1.29 is 32.6 Å². The van der Waals surface area contributed by atoms with Gasteiger partial charge in [0.25, 0.3) is 5.91 Å². The van der Waals surface area contributed by atoms with E-state index in [-0.39, 0.29) is 11.9 Å². The summed E-state index contributed by atoms with van der Waals surface area (Å²) in [6.45, 7) is 2.67. The maximum absolute atomic E-state index is 12.8. The van der Waals surface area contributed by atoms with Crippen LogP contribution in [0, 0.1) is 6.92 Å². The smallest absolute Gasteiger partial charge is 0.490 e. The number of ether oxygens (including phenoxy) is 1. The van der Waals surface area contributed by atoms with E-state index < -0.39 is 12.1 Å². The molecule has 1 fully saturated rings. The third-order valence-electron chi connectivity index (χ3n) is 4.39. The van der Waals surface area contributed by atoms with Crippen molar-refractivity contribution >= 4 is 11.9 Å². The summed E-state index contributed by atoms with van der Waals surface area (Å²) in [4.78, 5) is 30.8. The number of rotatable bonds is 3. The van der Waals surface area contributed by atoms with Crippen LogP contribution in [0.5, 0.6) is 5.75 Å². The van der Waals surface area contributed by atoms with E-state index in [0.717, 1.165) is 42.8 Å². The van der Waals surface area contributed by atoms with Crippen LogP contribution in [0.4, 0.5) is 13.2 Å². The molecule has 2 heterocycles. The van der Waals surface area contributed by atoms with Crippen molar-refractivity contribution in [2.75, 3.05) is 13.7 Å². The van der Waals surface area contributed by atoms with E-state index in [4.69, 9.17) is 14.6 Å². The van der Waals surface area contributed by atoms with Crippen molar-refractivity contribution in [3.63, 3.8) is 0 Å². The molecule has 1 saturated heterocycles. The minimum absolute atomic E-state index is 0.0272. The zero-order valence-corrected chi connectivity index (χ0v) is 16.0. The molecule has 1 amide bonds. The quantitative estimate of drug-likeness (QED) is 0.800. The number of amides is 1. The van der Waals surface area contributed by atoms with Gasteiger partial charge in [-0.25, -0.2) is 9.78 Å². The topological polar surface area (TPSA) is 95.5 Å². The molecule has 0 spiro atoms. The molecular weight excluding hydrogens is 391 g/mol. The highest BCUT2D eigenvalue weighted by atomic mass is 19.4. The Morgan fingerprint density at radius 2 is 2.00 bits per heavy atom. The summed E-state index contributed by atoms with van der Waals surface area (Å²) < 4.78 is 37.0. The predicted molar refractivity (Wildman–Crippen MR) is 97.6 cm³/mol. The molecule has 3 rings (SSSR count). The summed E-state index contributed by atoms with van der Waals surface area (Å²) >= 11 is 0. The zero-order valence-electron chi connectivity index (χ0n) is 16.0. The molecule has 0 bridgehead atoms. The number of benzene rings is 1. The Balaban J connectivity index is 0.000000370. The van der Waals surface area contributed by atoms with Crippen LogP contribution in [-0.4, -0.2) is 51.7 Å². The molecule has 29 heavy (non-hydrogen) atoms. The molecule has 1 atom stereocenters. The summed E-state index contributed by atoms with van der Waals surface area (Å²) in [6, 6.07) is 8.06. The van der Waals surface area contributed by atoms with Gasteiger partial charge in [-0.1, -0.05) is 12.1 Å². The highest BCUT2D eigenvalue weighted by Crippen LogP contribution is 2.33. The number of carboxylic acid groups (broad SMARTS) is 1. The molecule has 158 valence electrons. The molecule has 0 aliphatic carbocycles. The zero-order chi connectivity index (χ0) is 21.6. The first-order valence-electron chi connectivity index (χ1n) is 8.90. The number of methoxy groups -OCH3 is 1. The average molecular weight is 413 g/mol. The second kappa shape index (κ2) is 9.44. The monoisotopic (exact) mass is 413 g/mol. The van der Waals surface area contributed by atoms with Crippen LogP contribution >= 0.6 is 0 Å². The first kappa shape index (κ1) is 22.3. The van der Waals surface area contributed by atoms with Crippen molar-refractivity contribution in [2.24, 2.45) is 0 Å². The Labute approximate surface area is 165 Å². The number of aromatic amines is 1. The molecule has 1 aromatic carbocycles. The minimum atomic E-state index is -5.08. The molecule has 1 aliphatic heterocycles. The van der Waals surface area contributed by atoms with Crippen molar-refractivity contribution in [1.82, 2.24) is 14.9 Å². The highest BCUT2D eigenvalue weighted by molar-refractivity contribution is 5.91. The van der Waals surface area contributed by atoms with Gasteiger partial charge in [-0.15, -0.1) is 0 Å². The summed E-state index contributed by atoms with van der Waals surface area (Å²) in [5, 5.41) is 7.12. The Kier molecular flexibility index (Phi) is 7.24. The molecule has 1 unspecified atom stereocenters. The molecule has 1 aliphatic rings. The van der Waals surface area contributed by atoms with Crippen LogP contribution in [-0.2, 0) is 4.79 Å². The molecule has 10 heteroatoms. The number of nitrogens with one attached hydrogen (secondary N) is 1. The molecule has 0 saturated carbocycles. The van der Waals surface area contributed by atoms with Crippen LogP contribution in [0.1, 0.15) is 47.2 Å². The Morgan fingerprint density at radius 3 is 2.55 bits per heavy atom. The second-order valence-corrected chi connectivity index (χ2v) is 6.50.